The number of carbonyl (C=O) groups excluding carboxylic acids is 1. The molecule has 1 aromatic rings. The summed E-state index contributed by atoms with van der Waals surface area (Å²) in [7, 11) is 0. The molecule has 5 rings (SSSR count). The average Bonchev–Trinajstić information content (AvgIpc) is 3.25. The van der Waals surface area contributed by atoms with Crippen LogP contribution in [-0.4, -0.2) is 98.9 Å². The molecule has 1 amide bonds. The van der Waals surface area contributed by atoms with Crippen molar-refractivity contribution in [2.24, 2.45) is 5.41 Å². The molecular weight excluding hydrogens is 382 g/mol. The summed E-state index contributed by atoms with van der Waals surface area (Å²) in [6.45, 7) is 11.3. The molecule has 0 aliphatic carbocycles. The van der Waals surface area contributed by atoms with E-state index >= 15 is 0 Å². The standard InChI is InChI=1S/C23H33N3O4/c1-18-2-3-20-21(14-18)30-16-19(15-29-20)26-7-5-23(17-26)4-6-25(22(23)27)9-8-24-10-12-28-13-11-24/h2-3,14,19H,4-13,15-17H2,1H3. The van der Waals surface area contributed by atoms with E-state index in [1.165, 1.54) is 5.56 Å². The van der Waals surface area contributed by atoms with Gasteiger partial charge in [0, 0.05) is 39.3 Å². The summed E-state index contributed by atoms with van der Waals surface area (Å²) in [5, 5.41) is 0. The number of hydrogen-bond acceptors (Lipinski definition) is 6. The second kappa shape index (κ2) is 8.36. The Balaban J connectivity index is 1.17. The third-order valence-electron chi connectivity index (χ3n) is 7.25. The minimum atomic E-state index is -0.208. The first-order valence-corrected chi connectivity index (χ1v) is 11.3. The number of ether oxygens (including phenoxy) is 3. The highest BCUT2D eigenvalue weighted by molar-refractivity contribution is 5.85. The van der Waals surface area contributed by atoms with Crippen LogP contribution in [0.5, 0.6) is 11.5 Å². The van der Waals surface area contributed by atoms with E-state index < -0.39 is 0 Å². The minimum Gasteiger partial charge on any atom is -0.488 e. The Bertz CT molecular complexity index is 782. The van der Waals surface area contributed by atoms with Gasteiger partial charge in [-0.3, -0.25) is 14.6 Å². The number of fused-ring (bicyclic) bond motifs is 1. The predicted molar refractivity (Wildman–Crippen MR) is 113 cm³/mol. The number of morpholine rings is 1. The van der Waals surface area contributed by atoms with Gasteiger partial charge in [0.05, 0.1) is 24.7 Å². The second-order valence-corrected chi connectivity index (χ2v) is 9.22. The normalized spacial score (nSPS) is 30.2. The van der Waals surface area contributed by atoms with E-state index in [0.29, 0.717) is 19.1 Å². The Morgan fingerprint density at radius 3 is 2.60 bits per heavy atom. The van der Waals surface area contributed by atoms with Gasteiger partial charge in [-0.15, -0.1) is 0 Å². The van der Waals surface area contributed by atoms with E-state index in [9.17, 15) is 4.79 Å². The molecule has 1 spiro atoms. The molecule has 0 N–H and O–H groups in total. The van der Waals surface area contributed by atoms with Crippen molar-refractivity contribution in [1.29, 1.82) is 0 Å². The van der Waals surface area contributed by atoms with Gasteiger partial charge in [0.25, 0.3) is 0 Å². The number of likely N-dealkylation sites (tertiary alicyclic amines) is 2. The Morgan fingerprint density at radius 1 is 1.00 bits per heavy atom. The zero-order chi connectivity index (χ0) is 20.6. The second-order valence-electron chi connectivity index (χ2n) is 9.22. The first kappa shape index (κ1) is 20.1. The number of nitrogens with zero attached hydrogens (tertiary/aromatic N) is 3. The van der Waals surface area contributed by atoms with Crippen LogP contribution in [0.2, 0.25) is 0 Å². The lowest BCUT2D eigenvalue weighted by atomic mass is 9.85. The summed E-state index contributed by atoms with van der Waals surface area (Å²) in [4.78, 5) is 20.2. The van der Waals surface area contributed by atoms with Gasteiger partial charge in [-0.1, -0.05) is 6.07 Å². The Kier molecular flexibility index (Phi) is 5.60. The van der Waals surface area contributed by atoms with Crippen LogP contribution in [0.25, 0.3) is 0 Å². The van der Waals surface area contributed by atoms with Gasteiger partial charge in [0.1, 0.15) is 13.2 Å². The monoisotopic (exact) mass is 415 g/mol. The van der Waals surface area contributed by atoms with E-state index in [0.717, 1.165) is 83.4 Å². The molecule has 7 heteroatoms. The van der Waals surface area contributed by atoms with E-state index in [-0.39, 0.29) is 11.5 Å². The highest BCUT2D eigenvalue weighted by atomic mass is 16.5. The summed E-state index contributed by atoms with van der Waals surface area (Å²) >= 11 is 0. The lowest BCUT2D eigenvalue weighted by molar-refractivity contribution is -0.135. The van der Waals surface area contributed by atoms with Crippen molar-refractivity contribution in [2.75, 3.05) is 72.2 Å². The van der Waals surface area contributed by atoms with Crippen LogP contribution in [0.15, 0.2) is 18.2 Å². The van der Waals surface area contributed by atoms with Crippen molar-refractivity contribution < 1.29 is 19.0 Å². The number of amides is 1. The maximum absolute atomic E-state index is 13.3. The maximum Gasteiger partial charge on any atom is 0.230 e. The molecule has 7 nitrogen and oxygen atoms in total. The van der Waals surface area contributed by atoms with E-state index in [1.807, 2.05) is 12.1 Å². The highest BCUT2D eigenvalue weighted by Gasteiger charge is 2.51. The molecule has 2 unspecified atom stereocenters. The van der Waals surface area contributed by atoms with Gasteiger partial charge >= 0.3 is 0 Å². The predicted octanol–water partition coefficient (Wildman–Crippen LogP) is 1.39. The highest BCUT2D eigenvalue weighted by Crippen LogP contribution is 2.42. The van der Waals surface area contributed by atoms with Gasteiger partial charge in [-0.2, -0.15) is 0 Å². The van der Waals surface area contributed by atoms with Crippen molar-refractivity contribution in [3.05, 3.63) is 23.8 Å². The summed E-state index contributed by atoms with van der Waals surface area (Å²) in [5.41, 5.74) is 0.963. The van der Waals surface area contributed by atoms with Crippen molar-refractivity contribution in [3.63, 3.8) is 0 Å². The van der Waals surface area contributed by atoms with Crippen LogP contribution >= 0.6 is 0 Å². The number of benzene rings is 1. The van der Waals surface area contributed by atoms with Gasteiger partial charge in [0.2, 0.25) is 5.91 Å². The Labute approximate surface area is 178 Å². The van der Waals surface area contributed by atoms with Crippen molar-refractivity contribution in [1.82, 2.24) is 14.7 Å². The van der Waals surface area contributed by atoms with Crippen molar-refractivity contribution >= 4 is 5.91 Å². The molecule has 0 radical (unpaired) electrons. The first-order chi connectivity index (χ1) is 14.6. The van der Waals surface area contributed by atoms with Crippen LogP contribution in [0.1, 0.15) is 18.4 Å². The zero-order valence-corrected chi connectivity index (χ0v) is 18.0. The molecule has 3 fully saturated rings. The smallest absolute Gasteiger partial charge is 0.230 e. The molecule has 164 valence electrons. The fraction of sp³-hybridized carbons (Fsp3) is 0.696. The number of carbonyl (C=O) groups is 1. The third kappa shape index (κ3) is 3.90. The SMILES string of the molecule is Cc1ccc2c(c1)OCC(N1CCC3(CCN(CCN4CCOCC4)C3=O)C1)CO2. The van der Waals surface area contributed by atoms with Gasteiger partial charge < -0.3 is 19.1 Å². The molecule has 3 saturated heterocycles. The molecule has 0 aromatic heterocycles. The van der Waals surface area contributed by atoms with Crippen LogP contribution in [-0.2, 0) is 9.53 Å². The Hall–Kier alpha value is -1.83. The molecule has 2 atom stereocenters. The van der Waals surface area contributed by atoms with Gasteiger partial charge in [-0.25, -0.2) is 0 Å². The number of hydrogen-bond donors (Lipinski definition) is 0. The van der Waals surface area contributed by atoms with Crippen molar-refractivity contribution in [2.45, 2.75) is 25.8 Å². The zero-order valence-electron chi connectivity index (χ0n) is 18.0. The molecular formula is C23H33N3O4. The molecule has 4 aliphatic rings. The number of rotatable bonds is 4. The summed E-state index contributed by atoms with van der Waals surface area (Å²) < 4.78 is 17.6. The number of aryl methyl sites for hydroxylation is 1. The Morgan fingerprint density at radius 2 is 1.77 bits per heavy atom. The largest absolute Gasteiger partial charge is 0.488 e. The quantitative estimate of drug-likeness (QED) is 0.741. The molecule has 30 heavy (non-hydrogen) atoms. The van der Waals surface area contributed by atoms with Crippen LogP contribution in [0.4, 0.5) is 0 Å². The molecule has 1 aromatic carbocycles. The lowest BCUT2D eigenvalue weighted by Gasteiger charge is -2.30. The van der Waals surface area contributed by atoms with E-state index in [2.05, 4.69) is 27.7 Å². The van der Waals surface area contributed by atoms with E-state index in [1.54, 1.807) is 0 Å². The van der Waals surface area contributed by atoms with E-state index in [4.69, 9.17) is 14.2 Å². The fourth-order valence-electron chi connectivity index (χ4n) is 5.27. The molecule has 4 aliphatic heterocycles. The van der Waals surface area contributed by atoms with Crippen molar-refractivity contribution in [3.8, 4) is 11.5 Å². The summed E-state index contributed by atoms with van der Waals surface area (Å²) in [6.07, 6.45) is 1.92. The summed E-state index contributed by atoms with van der Waals surface area (Å²) in [6, 6.07) is 6.27. The summed E-state index contributed by atoms with van der Waals surface area (Å²) in [5.74, 6) is 2.01. The maximum atomic E-state index is 13.3. The topological polar surface area (TPSA) is 54.5 Å². The average molecular weight is 416 g/mol. The third-order valence-corrected chi connectivity index (χ3v) is 7.25. The first-order valence-electron chi connectivity index (χ1n) is 11.3. The molecule has 0 saturated carbocycles. The van der Waals surface area contributed by atoms with Crippen LogP contribution < -0.4 is 9.47 Å². The minimum absolute atomic E-state index is 0.187. The van der Waals surface area contributed by atoms with Gasteiger partial charge in [0.15, 0.2) is 11.5 Å². The lowest BCUT2D eigenvalue weighted by Crippen LogP contribution is -2.45. The van der Waals surface area contributed by atoms with Gasteiger partial charge in [-0.05, 0) is 44.0 Å². The fourth-order valence-corrected chi connectivity index (χ4v) is 5.27. The molecule has 0 bridgehead atoms. The van der Waals surface area contributed by atoms with Crippen LogP contribution in [0, 0.1) is 12.3 Å². The van der Waals surface area contributed by atoms with Crippen LogP contribution in [0.3, 0.4) is 0 Å². The molecule has 4 heterocycles.